The zero-order chi connectivity index (χ0) is 15.1. The number of carbonyl (C=O) groups excluding carboxylic acids is 1. The normalized spacial score (nSPS) is 10.6. The van der Waals surface area contributed by atoms with Crippen LogP contribution in [0.1, 0.15) is 23.9 Å². The first-order valence-corrected chi connectivity index (χ1v) is 6.93. The van der Waals surface area contributed by atoms with Gasteiger partial charge in [-0.25, -0.2) is 4.39 Å². The second kappa shape index (κ2) is 7.59. The van der Waals surface area contributed by atoms with E-state index in [1.165, 1.54) is 6.07 Å². The average Bonchev–Trinajstić information content (AvgIpc) is 2.97. The lowest BCUT2D eigenvalue weighted by molar-refractivity contribution is 0.0917. The molecule has 1 N–H and O–H groups in total. The summed E-state index contributed by atoms with van der Waals surface area (Å²) in [5.74, 6) is -0.179. The van der Waals surface area contributed by atoms with Crippen LogP contribution in [0.15, 0.2) is 40.8 Å². The molecule has 4 nitrogen and oxygen atoms in total. The highest BCUT2D eigenvalue weighted by atomic mass is 19.1. The molecule has 0 aliphatic heterocycles. The van der Waals surface area contributed by atoms with E-state index in [4.69, 9.17) is 9.15 Å². The van der Waals surface area contributed by atoms with E-state index in [2.05, 4.69) is 5.32 Å². The van der Waals surface area contributed by atoms with Gasteiger partial charge in [-0.15, -0.1) is 0 Å². The number of hydrogen-bond acceptors (Lipinski definition) is 3. The van der Waals surface area contributed by atoms with Crippen LogP contribution in [0.2, 0.25) is 0 Å². The van der Waals surface area contributed by atoms with E-state index in [1.807, 2.05) is 6.92 Å². The van der Waals surface area contributed by atoms with Crippen molar-refractivity contribution in [3.8, 4) is 11.3 Å². The van der Waals surface area contributed by atoms with Gasteiger partial charge in [0.15, 0.2) is 5.76 Å². The molecule has 0 saturated carbocycles. The Hall–Kier alpha value is -2.14. The van der Waals surface area contributed by atoms with Crippen molar-refractivity contribution in [1.82, 2.24) is 5.32 Å². The number of nitrogens with one attached hydrogen (secondary N) is 1. The standard InChI is InChI=1S/C16H18FNO3/c1-2-20-11-5-10-18-16(19)15-9-8-14(21-15)12-6-3-4-7-13(12)17/h3-4,6-9H,2,5,10-11H2,1H3,(H,18,19). The number of furan rings is 1. The summed E-state index contributed by atoms with van der Waals surface area (Å²) in [6.07, 6.45) is 0.737. The number of halogens is 1. The van der Waals surface area contributed by atoms with Gasteiger partial charge in [-0.3, -0.25) is 4.79 Å². The summed E-state index contributed by atoms with van der Waals surface area (Å²) >= 11 is 0. The van der Waals surface area contributed by atoms with Gasteiger partial charge in [0.2, 0.25) is 0 Å². The predicted octanol–water partition coefficient (Wildman–Crippen LogP) is 3.24. The fraction of sp³-hybridized carbons (Fsp3) is 0.312. The number of hydrogen-bond donors (Lipinski definition) is 1. The minimum atomic E-state index is -0.379. The maximum Gasteiger partial charge on any atom is 0.287 e. The van der Waals surface area contributed by atoms with Crippen molar-refractivity contribution in [2.75, 3.05) is 19.8 Å². The lowest BCUT2D eigenvalue weighted by Crippen LogP contribution is -2.24. The third-order valence-electron chi connectivity index (χ3n) is 2.92. The molecule has 1 aromatic carbocycles. The summed E-state index contributed by atoms with van der Waals surface area (Å²) in [6, 6.07) is 9.42. The Balaban J connectivity index is 1.94. The Bertz CT molecular complexity index is 595. The smallest absolute Gasteiger partial charge is 0.287 e. The number of carbonyl (C=O) groups is 1. The summed E-state index contributed by atoms with van der Waals surface area (Å²) < 4.78 is 24.2. The average molecular weight is 291 g/mol. The third kappa shape index (κ3) is 4.16. The van der Waals surface area contributed by atoms with Gasteiger partial charge in [-0.05, 0) is 37.6 Å². The molecule has 5 heteroatoms. The first kappa shape index (κ1) is 15.3. The highest BCUT2D eigenvalue weighted by Crippen LogP contribution is 2.24. The van der Waals surface area contributed by atoms with Gasteiger partial charge >= 0.3 is 0 Å². The molecule has 0 bridgehead atoms. The summed E-state index contributed by atoms with van der Waals surface area (Å²) in [6.45, 7) is 3.70. The summed E-state index contributed by atoms with van der Waals surface area (Å²) in [4.78, 5) is 11.9. The second-order valence-electron chi connectivity index (χ2n) is 4.45. The van der Waals surface area contributed by atoms with Crippen LogP contribution in [0.4, 0.5) is 4.39 Å². The van der Waals surface area contributed by atoms with Crippen molar-refractivity contribution in [1.29, 1.82) is 0 Å². The van der Waals surface area contributed by atoms with Gasteiger partial charge < -0.3 is 14.5 Å². The molecule has 1 aromatic heterocycles. The molecule has 2 aromatic rings. The van der Waals surface area contributed by atoms with Gasteiger partial charge in [0.1, 0.15) is 11.6 Å². The molecule has 0 aliphatic carbocycles. The van der Waals surface area contributed by atoms with Gasteiger partial charge in [0.25, 0.3) is 5.91 Å². The van der Waals surface area contributed by atoms with E-state index in [0.29, 0.717) is 31.1 Å². The Morgan fingerprint density at radius 1 is 1.29 bits per heavy atom. The molecule has 112 valence electrons. The molecule has 0 unspecified atom stereocenters. The topological polar surface area (TPSA) is 51.5 Å². The highest BCUT2D eigenvalue weighted by molar-refractivity contribution is 5.92. The number of amides is 1. The predicted molar refractivity (Wildman–Crippen MR) is 77.5 cm³/mol. The van der Waals surface area contributed by atoms with Crippen molar-refractivity contribution < 1.29 is 18.3 Å². The molecule has 1 amide bonds. The van der Waals surface area contributed by atoms with E-state index in [0.717, 1.165) is 6.42 Å². The van der Waals surface area contributed by atoms with E-state index in [-0.39, 0.29) is 17.5 Å². The van der Waals surface area contributed by atoms with Gasteiger partial charge in [0, 0.05) is 19.8 Å². The molecule has 2 rings (SSSR count). The number of benzene rings is 1. The van der Waals surface area contributed by atoms with E-state index in [1.54, 1.807) is 30.3 Å². The van der Waals surface area contributed by atoms with Crippen molar-refractivity contribution in [2.24, 2.45) is 0 Å². The van der Waals surface area contributed by atoms with Crippen LogP contribution >= 0.6 is 0 Å². The molecule has 0 radical (unpaired) electrons. The quantitative estimate of drug-likeness (QED) is 0.797. The van der Waals surface area contributed by atoms with Gasteiger partial charge in [-0.2, -0.15) is 0 Å². The van der Waals surface area contributed by atoms with Crippen LogP contribution in [0.3, 0.4) is 0 Å². The molecular formula is C16H18FNO3. The Labute approximate surface area is 122 Å². The van der Waals surface area contributed by atoms with E-state index >= 15 is 0 Å². The maximum absolute atomic E-state index is 13.6. The third-order valence-corrected chi connectivity index (χ3v) is 2.92. The lowest BCUT2D eigenvalue weighted by Gasteiger charge is -2.03. The van der Waals surface area contributed by atoms with Crippen molar-refractivity contribution in [3.05, 3.63) is 48.0 Å². The van der Waals surface area contributed by atoms with E-state index in [9.17, 15) is 9.18 Å². The highest BCUT2D eigenvalue weighted by Gasteiger charge is 2.13. The molecule has 0 fully saturated rings. The molecule has 0 aliphatic rings. The maximum atomic E-state index is 13.6. The summed E-state index contributed by atoms with van der Waals surface area (Å²) in [5.41, 5.74) is 0.341. The van der Waals surface area contributed by atoms with Crippen molar-refractivity contribution in [3.63, 3.8) is 0 Å². The second-order valence-corrected chi connectivity index (χ2v) is 4.45. The molecule has 1 heterocycles. The minimum Gasteiger partial charge on any atom is -0.451 e. The molecule has 21 heavy (non-hydrogen) atoms. The number of ether oxygens (including phenoxy) is 1. The Morgan fingerprint density at radius 2 is 2.10 bits per heavy atom. The van der Waals surface area contributed by atoms with Crippen LogP contribution in [-0.2, 0) is 4.74 Å². The molecule has 0 atom stereocenters. The SMILES string of the molecule is CCOCCCNC(=O)c1ccc(-c2ccccc2F)o1. The summed E-state index contributed by atoms with van der Waals surface area (Å²) in [7, 11) is 0. The first-order valence-electron chi connectivity index (χ1n) is 6.93. The van der Waals surface area contributed by atoms with Gasteiger partial charge in [0.05, 0.1) is 5.56 Å². The molecule has 0 spiro atoms. The van der Waals surface area contributed by atoms with Crippen molar-refractivity contribution >= 4 is 5.91 Å². The van der Waals surface area contributed by atoms with Crippen LogP contribution in [0.25, 0.3) is 11.3 Å². The zero-order valence-electron chi connectivity index (χ0n) is 11.9. The summed E-state index contributed by atoms with van der Waals surface area (Å²) in [5, 5.41) is 2.73. The van der Waals surface area contributed by atoms with E-state index < -0.39 is 0 Å². The zero-order valence-corrected chi connectivity index (χ0v) is 11.9. The fourth-order valence-electron chi connectivity index (χ4n) is 1.87. The number of rotatable bonds is 7. The lowest BCUT2D eigenvalue weighted by atomic mass is 10.1. The van der Waals surface area contributed by atoms with Crippen LogP contribution in [-0.4, -0.2) is 25.7 Å². The fourth-order valence-corrected chi connectivity index (χ4v) is 1.87. The van der Waals surface area contributed by atoms with Crippen LogP contribution < -0.4 is 5.32 Å². The van der Waals surface area contributed by atoms with Crippen molar-refractivity contribution in [2.45, 2.75) is 13.3 Å². The Kier molecular flexibility index (Phi) is 5.51. The largest absolute Gasteiger partial charge is 0.451 e. The monoisotopic (exact) mass is 291 g/mol. The first-order chi connectivity index (χ1) is 10.2. The minimum absolute atomic E-state index is 0.171. The Morgan fingerprint density at radius 3 is 2.86 bits per heavy atom. The van der Waals surface area contributed by atoms with Crippen LogP contribution in [0, 0.1) is 5.82 Å². The van der Waals surface area contributed by atoms with Gasteiger partial charge in [-0.1, -0.05) is 12.1 Å². The molecular weight excluding hydrogens is 273 g/mol. The van der Waals surface area contributed by atoms with Crippen LogP contribution in [0.5, 0.6) is 0 Å². The molecule has 0 saturated heterocycles.